The molecule has 0 saturated carbocycles. The van der Waals surface area contributed by atoms with Gasteiger partial charge in [0.2, 0.25) is 0 Å². The molecule has 0 aliphatic carbocycles. The first kappa shape index (κ1) is 17.2. The smallest absolute Gasteiger partial charge is 0.258 e. The third-order valence-electron chi connectivity index (χ3n) is 3.13. The number of ether oxygens (including phenoxy) is 3. The molecule has 0 aromatic heterocycles. The molecule has 0 unspecified atom stereocenters. The fourth-order valence-electron chi connectivity index (χ4n) is 1.84. The van der Waals surface area contributed by atoms with Gasteiger partial charge in [0.05, 0.1) is 20.8 Å². The maximum atomic E-state index is 11.7. The molecule has 0 spiro atoms. The number of nitrogens with one attached hydrogen (secondary N) is 1. The Morgan fingerprint density at radius 3 is 2.04 bits per heavy atom. The van der Waals surface area contributed by atoms with E-state index >= 15 is 0 Å². The highest BCUT2D eigenvalue weighted by Crippen LogP contribution is 2.16. The Bertz CT molecular complexity index is 712. The van der Waals surface area contributed by atoms with E-state index in [2.05, 4.69) is 17.2 Å². The van der Waals surface area contributed by atoms with Crippen LogP contribution in [0.15, 0.2) is 48.5 Å². The minimum atomic E-state index is -0.227. The highest BCUT2D eigenvalue weighted by Gasteiger charge is 2.01. The second-order valence-corrected chi connectivity index (χ2v) is 4.77. The summed E-state index contributed by atoms with van der Waals surface area (Å²) in [5, 5.41) is 2.68. The molecule has 0 fully saturated rings. The summed E-state index contributed by atoms with van der Waals surface area (Å²) in [6.45, 7) is 0.202. The Morgan fingerprint density at radius 1 is 0.917 bits per heavy atom. The van der Waals surface area contributed by atoms with Gasteiger partial charge < -0.3 is 19.5 Å². The SMILES string of the molecule is COc1ccc(C#CCNC(=O)COc2ccc(OC)cc2)cc1. The Kier molecular flexibility index (Phi) is 6.54. The zero-order valence-electron chi connectivity index (χ0n) is 13.7. The van der Waals surface area contributed by atoms with E-state index in [1.807, 2.05) is 24.3 Å². The standard InChI is InChI=1S/C19H19NO4/c1-22-16-7-5-15(6-8-16)4-3-13-20-19(21)14-24-18-11-9-17(23-2)10-12-18/h5-12H,13-14H2,1-2H3,(H,20,21). The molecule has 0 aliphatic heterocycles. The van der Waals surface area contributed by atoms with E-state index in [-0.39, 0.29) is 19.1 Å². The number of hydrogen-bond donors (Lipinski definition) is 1. The van der Waals surface area contributed by atoms with Gasteiger partial charge in [-0.2, -0.15) is 0 Å². The molecule has 0 radical (unpaired) electrons. The van der Waals surface area contributed by atoms with Crippen LogP contribution in [0.2, 0.25) is 0 Å². The first-order valence-corrected chi connectivity index (χ1v) is 7.38. The minimum Gasteiger partial charge on any atom is -0.497 e. The van der Waals surface area contributed by atoms with Crippen LogP contribution in [0.4, 0.5) is 0 Å². The zero-order valence-corrected chi connectivity index (χ0v) is 13.7. The maximum absolute atomic E-state index is 11.7. The Labute approximate surface area is 141 Å². The molecule has 1 amide bonds. The van der Waals surface area contributed by atoms with Crippen LogP contribution in [0.3, 0.4) is 0 Å². The summed E-state index contributed by atoms with van der Waals surface area (Å²) in [4.78, 5) is 11.7. The Morgan fingerprint density at radius 2 is 1.46 bits per heavy atom. The quantitative estimate of drug-likeness (QED) is 0.828. The fourth-order valence-corrected chi connectivity index (χ4v) is 1.84. The number of rotatable bonds is 6. The van der Waals surface area contributed by atoms with Gasteiger partial charge in [-0.05, 0) is 48.5 Å². The second-order valence-electron chi connectivity index (χ2n) is 4.77. The number of benzene rings is 2. The highest BCUT2D eigenvalue weighted by atomic mass is 16.5. The van der Waals surface area contributed by atoms with Gasteiger partial charge in [-0.25, -0.2) is 0 Å². The number of amides is 1. The van der Waals surface area contributed by atoms with E-state index in [0.29, 0.717) is 5.75 Å². The number of carbonyl (C=O) groups excluding carboxylic acids is 1. The minimum absolute atomic E-state index is 0.0590. The summed E-state index contributed by atoms with van der Waals surface area (Å²) in [6.07, 6.45) is 0. The average molecular weight is 325 g/mol. The predicted molar refractivity (Wildman–Crippen MR) is 91.4 cm³/mol. The maximum Gasteiger partial charge on any atom is 0.258 e. The molecule has 0 saturated heterocycles. The van der Waals surface area contributed by atoms with Crippen molar-refractivity contribution in [2.45, 2.75) is 0 Å². The van der Waals surface area contributed by atoms with Gasteiger partial charge in [-0.3, -0.25) is 4.79 Å². The lowest BCUT2D eigenvalue weighted by atomic mass is 10.2. The van der Waals surface area contributed by atoms with Gasteiger partial charge in [0, 0.05) is 5.56 Å². The summed E-state index contributed by atoms with van der Waals surface area (Å²) in [5.74, 6) is 7.75. The van der Waals surface area contributed by atoms with Crippen LogP contribution in [0, 0.1) is 11.8 Å². The lowest BCUT2D eigenvalue weighted by Crippen LogP contribution is -2.29. The molecule has 0 aliphatic rings. The molecule has 0 heterocycles. The largest absolute Gasteiger partial charge is 0.497 e. The van der Waals surface area contributed by atoms with E-state index in [1.54, 1.807) is 38.5 Å². The van der Waals surface area contributed by atoms with Crippen LogP contribution >= 0.6 is 0 Å². The van der Waals surface area contributed by atoms with Crippen molar-refractivity contribution in [2.75, 3.05) is 27.4 Å². The van der Waals surface area contributed by atoms with Crippen LogP contribution in [0.1, 0.15) is 5.56 Å². The second kappa shape index (κ2) is 9.11. The third kappa shape index (κ3) is 5.58. The molecule has 2 aromatic rings. The van der Waals surface area contributed by atoms with Crippen molar-refractivity contribution < 1.29 is 19.0 Å². The van der Waals surface area contributed by atoms with Crippen molar-refractivity contribution in [1.82, 2.24) is 5.32 Å². The van der Waals surface area contributed by atoms with E-state index in [0.717, 1.165) is 17.1 Å². The van der Waals surface area contributed by atoms with Crippen molar-refractivity contribution in [1.29, 1.82) is 0 Å². The number of carbonyl (C=O) groups is 1. The molecule has 5 heteroatoms. The number of methoxy groups -OCH3 is 2. The van der Waals surface area contributed by atoms with Gasteiger partial charge in [0.1, 0.15) is 17.2 Å². The summed E-state index contributed by atoms with van der Waals surface area (Å²) in [6, 6.07) is 14.4. The van der Waals surface area contributed by atoms with Crippen molar-refractivity contribution >= 4 is 5.91 Å². The Hall–Kier alpha value is -3.13. The van der Waals surface area contributed by atoms with E-state index in [9.17, 15) is 4.79 Å². The lowest BCUT2D eigenvalue weighted by molar-refractivity contribution is -0.122. The van der Waals surface area contributed by atoms with Gasteiger partial charge in [-0.1, -0.05) is 11.8 Å². The third-order valence-corrected chi connectivity index (χ3v) is 3.13. The highest BCUT2D eigenvalue weighted by molar-refractivity contribution is 5.77. The van der Waals surface area contributed by atoms with Crippen LogP contribution in [-0.4, -0.2) is 33.3 Å². The van der Waals surface area contributed by atoms with Crippen LogP contribution < -0.4 is 19.5 Å². The molecular weight excluding hydrogens is 306 g/mol. The summed E-state index contributed by atoms with van der Waals surface area (Å²) >= 11 is 0. The average Bonchev–Trinajstić information content (AvgIpc) is 2.64. The van der Waals surface area contributed by atoms with Crippen molar-refractivity contribution in [3.63, 3.8) is 0 Å². The van der Waals surface area contributed by atoms with E-state index in [1.165, 1.54) is 0 Å². The van der Waals surface area contributed by atoms with Gasteiger partial charge in [0.25, 0.3) is 5.91 Å². The molecular formula is C19H19NO4. The van der Waals surface area contributed by atoms with E-state index < -0.39 is 0 Å². The molecule has 2 rings (SSSR count). The van der Waals surface area contributed by atoms with Crippen LogP contribution in [-0.2, 0) is 4.79 Å². The molecule has 5 nitrogen and oxygen atoms in total. The van der Waals surface area contributed by atoms with Gasteiger partial charge in [-0.15, -0.1) is 0 Å². The molecule has 1 N–H and O–H groups in total. The topological polar surface area (TPSA) is 56.8 Å². The first-order chi connectivity index (χ1) is 11.7. The Balaban J connectivity index is 1.71. The fraction of sp³-hybridized carbons (Fsp3) is 0.211. The van der Waals surface area contributed by atoms with Crippen LogP contribution in [0.25, 0.3) is 0 Å². The monoisotopic (exact) mass is 325 g/mol. The lowest BCUT2D eigenvalue weighted by Gasteiger charge is -2.06. The van der Waals surface area contributed by atoms with Crippen LogP contribution in [0.5, 0.6) is 17.2 Å². The molecule has 24 heavy (non-hydrogen) atoms. The normalized spacial score (nSPS) is 9.42. The molecule has 124 valence electrons. The molecule has 0 atom stereocenters. The summed E-state index contributed by atoms with van der Waals surface area (Å²) in [7, 11) is 3.21. The van der Waals surface area contributed by atoms with Crippen molar-refractivity contribution in [2.24, 2.45) is 0 Å². The van der Waals surface area contributed by atoms with Gasteiger partial charge in [0.15, 0.2) is 6.61 Å². The van der Waals surface area contributed by atoms with Crippen molar-refractivity contribution in [3.05, 3.63) is 54.1 Å². The van der Waals surface area contributed by atoms with Gasteiger partial charge >= 0.3 is 0 Å². The van der Waals surface area contributed by atoms with Crippen molar-refractivity contribution in [3.8, 4) is 29.1 Å². The first-order valence-electron chi connectivity index (χ1n) is 7.38. The number of hydrogen-bond acceptors (Lipinski definition) is 4. The summed E-state index contributed by atoms with van der Waals surface area (Å²) < 4.78 is 15.5. The zero-order chi connectivity index (χ0) is 17.2. The summed E-state index contributed by atoms with van der Waals surface area (Å²) in [5.41, 5.74) is 0.861. The molecule has 0 bridgehead atoms. The predicted octanol–water partition coefficient (Wildman–Crippen LogP) is 2.25. The molecule has 2 aromatic carbocycles. The van der Waals surface area contributed by atoms with E-state index in [4.69, 9.17) is 14.2 Å².